The van der Waals surface area contributed by atoms with Gasteiger partial charge in [-0.05, 0) is 86.2 Å². The number of thioether (sulfide) groups is 1. The number of amides is 2. The lowest BCUT2D eigenvalue weighted by Crippen LogP contribution is -2.53. The Morgan fingerprint density at radius 3 is 2.12 bits per heavy atom. The zero-order chi connectivity index (χ0) is 34.5. The number of carbonyl (C=O) groups is 2. The summed E-state index contributed by atoms with van der Waals surface area (Å²) in [5.74, 6) is -0.196. The molecular formula is C38H45N3O5S2. The van der Waals surface area contributed by atoms with Crippen molar-refractivity contribution < 1.29 is 22.7 Å². The molecule has 0 bridgehead atoms. The summed E-state index contributed by atoms with van der Waals surface area (Å²) in [6.45, 7) is 6.44. The van der Waals surface area contributed by atoms with Gasteiger partial charge in [-0.2, -0.15) is 0 Å². The van der Waals surface area contributed by atoms with Gasteiger partial charge in [-0.25, -0.2) is 8.42 Å². The fourth-order valence-corrected chi connectivity index (χ4v) is 7.05. The molecule has 0 aliphatic rings. The molecule has 1 atom stereocenters. The number of rotatable bonds is 17. The number of hydrogen-bond acceptors (Lipinski definition) is 6. The van der Waals surface area contributed by atoms with Crippen molar-refractivity contribution in [3.8, 4) is 5.75 Å². The molecule has 0 spiro atoms. The maximum atomic E-state index is 14.6. The molecule has 4 aromatic rings. The summed E-state index contributed by atoms with van der Waals surface area (Å²) in [4.78, 5) is 31.0. The van der Waals surface area contributed by atoms with Crippen molar-refractivity contribution in [1.29, 1.82) is 0 Å². The molecule has 8 nitrogen and oxygen atoms in total. The Morgan fingerprint density at radius 1 is 0.854 bits per heavy atom. The SMILES string of the molecule is CCCCNC(=O)C(Cc1ccccc1)N(Cc1ccc(C)cc1)C(=O)CN(c1ccc(OCC)cc1)S(=O)(=O)c1ccc(SC)cc1. The standard InChI is InChI=1S/C38H45N3O5S2/c1-5-7-25-39-38(43)36(26-30-11-9-8-10-12-30)40(27-31-15-13-29(3)14-16-31)37(42)28-41(32-17-19-33(20-18-32)46-6-2)48(44,45)35-23-21-34(47-4)22-24-35/h8-24,36H,5-7,25-28H2,1-4H3,(H,39,43). The van der Waals surface area contributed by atoms with Gasteiger partial charge in [0, 0.05) is 24.4 Å². The van der Waals surface area contributed by atoms with Gasteiger partial charge in [0.2, 0.25) is 11.8 Å². The van der Waals surface area contributed by atoms with E-state index in [0.29, 0.717) is 24.6 Å². The number of carbonyl (C=O) groups excluding carboxylic acids is 2. The minimum atomic E-state index is -4.20. The van der Waals surface area contributed by atoms with Gasteiger partial charge in [0.25, 0.3) is 10.0 Å². The molecule has 1 N–H and O–H groups in total. The molecule has 48 heavy (non-hydrogen) atoms. The molecule has 0 aliphatic heterocycles. The van der Waals surface area contributed by atoms with E-state index in [0.717, 1.165) is 38.7 Å². The zero-order valence-corrected chi connectivity index (χ0v) is 29.7. The van der Waals surface area contributed by atoms with Gasteiger partial charge in [-0.3, -0.25) is 13.9 Å². The van der Waals surface area contributed by atoms with Gasteiger partial charge in [-0.15, -0.1) is 11.8 Å². The molecule has 10 heteroatoms. The summed E-state index contributed by atoms with van der Waals surface area (Å²) >= 11 is 1.51. The van der Waals surface area contributed by atoms with Gasteiger partial charge in [0.1, 0.15) is 18.3 Å². The predicted molar refractivity (Wildman–Crippen MR) is 194 cm³/mol. The van der Waals surface area contributed by atoms with E-state index in [1.165, 1.54) is 16.7 Å². The molecule has 0 aliphatic carbocycles. The number of aryl methyl sites for hydroxylation is 1. The fraction of sp³-hybridized carbons (Fsp3) is 0.316. The van der Waals surface area contributed by atoms with E-state index in [1.54, 1.807) is 48.5 Å². The van der Waals surface area contributed by atoms with Gasteiger partial charge in [0.15, 0.2) is 0 Å². The van der Waals surface area contributed by atoms with Crippen molar-refractivity contribution in [3.63, 3.8) is 0 Å². The van der Waals surface area contributed by atoms with Crippen LogP contribution < -0.4 is 14.4 Å². The number of benzene rings is 4. The number of anilines is 1. The van der Waals surface area contributed by atoms with Crippen molar-refractivity contribution >= 4 is 39.3 Å². The Morgan fingerprint density at radius 2 is 1.52 bits per heavy atom. The third kappa shape index (κ3) is 9.87. The summed E-state index contributed by atoms with van der Waals surface area (Å²) < 4.78 is 35.3. The zero-order valence-electron chi connectivity index (χ0n) is 28.1. The van der Waals surface area contributed by atoms with Crippen LogP contribution in [0, 0.1) is 6.92 Å². The number of sulfonamides is 1. The summed E-state index contributed by atoms with van der Waals surface area (Å²) in [5.41, 5.74) is 3.09. The van der Waals surface area contributed by atoms with Crippen LogP contribution in [0.4, 0.5) is 5.69 Å². The van der Waals surface area contributed by atoms with Gasteiger partial charge >= 0.3 is 0 Å². The topological polar surface area (TPSA) is 96.0 Å². The number of hydrogen-bond donors (Lipinski definition) is 1. The number of ether oxygens (including phenoxy) is 1. The molecule has 2 amide bonds. The molecule has 0 fully saturated rings. The number of nitrogens with zero attached hydrogens (tertiary/aromatic N) is 2. The van der Waals surface area contributed by atoms with Crippen molar-refractivity contribution in [3.05, 3.63) is 120 Å². The minimum absolute atomic E-state index is 0.0604. The molecule has 0 heterocycles. The molecule has 4 aromatic carbocycles. The highest BCUT2D eigenvalue weighted by Gasteiger charge is 2.34. The fourth-order valence-electron chi connectivity index (χ4n) is 5.23. The van der Waals surface area contributed by atoms with E-state index in [-0.39, 0.29) is 23.8 Å². The predicted octanol–water partition coefficient (Wildman–Crippen LogP) is 6.87. The van der Waals surface area contributed by atoms with Crippen molar-refractivity contribution in [2.45, 2.75) is 62.4 Å². The van der Waals surface area contributed by atoms with Crippen LogP contribution in [0.5, 0.6) is 5.75 Å². The molecule has 1 unspecified atom stereocenters. The lowest BCUT2D eigenvalue weighted by atomic mass is 10.0. The second-order valence-corrected chi connectivity index (χ2v) is 14.2. The average molecular weight is 688 g/mol. The lowest BCUT2D eigenvalue weighted by Gasteiger charge is -2.34. The van der Waals surface area contributed by atoms with Gasteiger partial charge in [0.05, 0.1) is 17.2 Å². The maximum absolute atomic E-state index is 14.6. The van der Waals surface area contributed by atoms with Crippen LogP contribution in [0.1, 0.15) is 43.4 Å². The van der Waals surface area contributed by atoms with Crippen LogP contribution in [-0.2, 0) is 32.6 Å². The normalized spacial score (nSPS) is 11.8. The third-order valence-corrected chi connectivity index (χ3v) is 10.5. The highest BCUT2D eigenvalue weighted by molar-refractivity contribution is 7.98. The lowest BCUT2D eigenvalue weighted by molar-refractivity contribution is -0.140. The van der Waals surface area contributed by atoms with Crippen LogP contribution in [0.25, 0.3) is 0 Å². The first-order chi connectivity index (χ1) is 23.2. The monoisotopic (exact) mass is 687 g/mol. The second kappa shape index (κ2) is 17.8. The Hall–Kier alpha value is -4.28. The Labute approximate surface area is 289 Å². The van der Waals surface area contributed by atoms with E-state index >= 15 is 0 Å². The maximum Gasteiger partial charge on any atom is 0.264 e. The highest BCUT2D eigenvalue weighted by Crippen LogP contribution is 2.28. The first kappa shape index (κ1) is 36.6. The number of unbranched alkanes of at least 4 members (excludes halogenated alkanes) is 1. The Kier molecular flexibility index (Phi) is 13.5. The summed E-state index contributed by atoms with van der Waals surface area (Å²) in [6, 6.07) is 29.7. The summed E-state index contributed by atoms with van der Waals surface area (Å²) in [6.07, 6.45) is 3.89. The van der Waals surface area contributed by atoms with E-state index in [2.05, 4.69) is 5.32 Å². The summed E-state index contributed by atoms with van der Waals surface area (Å²) in [5, 5.41) is 3.02. The van der Waals surface area contributed by atoms with Crippen LogP contribution in [-0.4, -0.2) is 57.1 Å². The van der Waals surface area contributed by atoms with Crippen molar-refractivity contribution in [2.75, 3.05) is 30.3 Å². The molecule has 0 saturated heterocycles. The van der Waals surface area contributed by atoms with Crippen LogP contribution in [0.2, 0.25) is 0 Å². The smallest absolute Gasteiger partial charge is 0.264 e. The van der Waals surface area contributed by atoms with E-state index in [4.69, 9.17) is 4.74 Å². The summed E-state index contributed by atoms with van der Waals surface area (Å²) in [7, 11) is -4.20. The molecule has 254 valence electrons. The minimum Gasteiger partial charge on any atom is -0.494 e. The molecule has 4 rings (SSSR count). The Balaban J connectivity index is 1.79. The van der Waals surface area contributed by atoms with E-state index < -0.39 is 28.5 Å². The largest absolute Gasteiger partial charge is 0.494 e. The Bertz CT molecular complexity index is 1710. The first-order valence-corrected chi connectivity index (χ1v) is 18.9. The van der Waals surface area contributed by atoms with Crippen molar-refractivity contribution in [2.24, 2.45) is 0 Å². The van der Waals surface area contributed by atoms with Gasteiger partial charge in [-0.1, -0.05) is 73.5 Å². The third-order valence-electron chi connectivity index (χ3n) is 7.94. The number of nitrogens with one attached hydrogen (secondary N) is 1. The second-order valence-electron chi connectivity index (χ2n) is 11.5. The quantitative estimate of drug-likeness (QED) is 0.0962. The van der Waals surface area contributed by atoms with E-state index in [9.17, 15) is 18.0 Å². The van der Waals surface area contributed by atoms with Crippen molar-refractivity contribution in [1.82, 2.24) is 10.2 Å². The van der Waals surface area contributed by atoms with E-state index in [1.807, 2.05) is 81.6 Å². The first-order valence-electron chi connectivity index (χ1n) is 16.2. The highest BCUT2D eigenvalue weighted by atomic mass is 32.2. The molecule has 0 radical (unpaired) electrons. The van der Waals surface area contributed by atoms with Crippen LogP contribution in [0.3, 0.4) is 0 Å². The molecule has 0 saturated carbocycles. The van der Waals surface area contributed by atoms with Gasteiger partial charge < -0.3 is 15.0 Å². The molecule has 0 aromatic heterocycles. The molecular weight excluding hydrogens is 643 g/mol. The van der Waals surface area contributed by atoms with Crippen LogP contribution in [0.15, 0.2) is 113 Å². The average Bonchev–Trinajstić information content (AvgIpc) is 3.10. The van der Waals surface area contributed by atoms with Crippen LogP contribution >= 0.6 is 11.8 Å².